The average Bonchev–Trinajstić information content (AvgIpc) is 3.15. The van der Waals surface area contributed by atoms with E-state index in [4.69, 9.17) is 0 Å². The van der Waals surface area contributed by atoms with Gasteiger partial charge in [-0.2, -0.15) is 0 Å². The van der Waals surface area contributed by atoms with Crippen molar-refractivity contribution >= 4 is 23.2 Å². The van der Waals surface area contributed by atoms with Crippen LogP contribution in [0.5, 0.6) is 0 Å². The fourth-order valence-electron chi connectivity index (χ4n) is 3.46. The van der Waals surface area contributed by atoms with Gasteiger partial charge >= 0.3 is 0 Å². The maximum Gasteiger partial charge on any atom is 0.263 e. The molecule has 0 N–H and O–H groups in total. The van der Waals surface area contributed by atoms with Gasteiger partial charge in [0, 0.05) is 39.3 Å². The summed E-state index contributed by atoms with van der Waals surface area (Å²) in [5, 5.41) is 1.92. The third-order valence-electron chi connectivity index (χ3n) is 4.92. The number of thiophene rings is 1. The second-order valence-electron chi connectivity index (χ2n) is 6.33. The van der Waals surface area contributed by atoms with Crippen LogP contribution in [0.15, 0.2) is 17.5 Å². The molecule has 1 atom stereocenters. The largest absolute Gasteiger partial charge is 0.340 e. The first-order chi connectivity index (χ1) is 11.2. The molecule has 0 bridgehead atoms. The number of carbonyl (C=O) groups is 2. The van der Waals surface area contributed by atoms with Gasteiger partial charge in [0.25, 0.3) is 5.91 Å². The molecular weight excluding hydrogens is 310 g/mol. The fraction of sp³-hybridized carbons (Fsp3) is 0.647. The zero-order valence-corrected chi connectivity index (χ0v) is 14.6. The van der Waals surface area contributed by atoms with Crippen molar-refractivity contribution in [3.05, 3.63) is 22.4 Å². The SMILES string of the molecule is CCN1CCN(C(=O)C2CCCN(C(=O)c3cccs3)C2)CC1. The van der Waals surface area contributed by atoms with Crippen LogP contribution in [-0.2, 0) is 4.79 Å². The first-order valence-corrected chi connectivity index (χ1v) is 9.41. The molecule has 5 nitrogen and oxygen atoms in total. The highest BCUT2D eigenvalue weighted by Gasteiger charge is 2.32. The Bertz CT molecular complexity index is 538. The molecule has 0 aromatic carbocycles. The van der Waals surface area contributed by atoms with Crippen LogP contribution in [0.2, 0.25) is 0 Å². The Labute approximate surface area is 141 Å². The molecule has 0 aliphatic carbocycles. The Morgan fingerprint density at radius 2 is 1.96 bits per heavy atom. The van der Waals surface area contributed by atoms with Gasteiger partial charge in [0.2, 0.25) is 5.91 Å². The van der Waals surface area contributed by atoms with Crippen molar-refractivity contribution in [2.75, 3.05) is 45.8 Å². The number of likely N-dealkylation sites (tertiary alicyclic amines) is 1. The predicted octanol–water partition coefficient (Wildman–Crippen LogP) is 1.76. The highest BCUT2D eigenvalue weighted by Crippen LogP contribution is 2.22. The van der Waals surface area contributed by atoms with E-state index in [2.05, 4.69) is 11.8 Å². The van der Waals surface area contributed by atoms with E-state index in [0.717, 1.165) is 57.0 Å². The normalized spacial score (nSPS) is 23.1. The van der Waals surface area contributed by atoms with Gasteiger partial charge in [0.15, 0.2) is 0 Å². The maximum absolute atomic E-state index is 12.8. The van der Waals surface area contributed by atoms with E-state index in [1.807, 2.05) is 27.3 Å². The minimum atomic E-state index is -0.0270. The molecule has 2 fully saturated rings. The molecule has 1 unspecified atom stereocenters. The van der Waals surface area contributed by atoms with Crippen molar-refractivity contribution in [2.24, 2.45) is 5.92 Å². The molecule has 2 saturated heterocycles. The molecule has 0 spiro atoms. The summed E-state index contributed by atoms with van der Waals surface area (Å²) in [7, 11) is 0. The van der Waals surface area contributed by atoms with Gasteiger partial charge in [-0.25, -0.2) is 0 Å². The van der Waals surface area contributed by atoms with Gasteiger partial charge in [0.1, 0.15) is 0 Å². The summed E-state index contributed by atoms with van der Waals surface area (Å²) >= 11 is 1.47. The summed E-state index contributed by atoms with van der Waals surface area (Å²) < 4.78 is 0. The summed E-state index contributed by atoms with van der Waals surface area (Å²) in [6, 6.07) is 3.76. The summed E-state index contributed by atoms with van der Waals surface area (Å²) in [5.41, 5.74) is 0. The third-order valence-corrected chi connectivity index (χ3v) is 5.78. The lowest BCUT2D eigenvalue weighted by Gasteiger charge is -2.38. The number of nitrogens with zero attached hydrogens (tertiary/aromatic N) is 3. The van der Waals surface area contributed by atoms with Gasteiger partial charge in [-0.1, -0.05) is 13.0 Å². The summed E-state index contributed by atoms with van der Waals surface area (Å²) in [6.45, 7) is 8.12. The molecule has 3 heterocycles. The van der Waals surface area contributed by atoms with Crippen LogP contribution in [0.4, 0.5) is 0 Å². The van der Waals surface area contributed by atoms with Gasteiger partial charge in [-0.3, -0.25) is 9.59 Å². The number of likely N-dealkylation sites (N-methyl/N-ethyl adjacent to an activating group) is 1. The number of amides is 2. The van der Waals surface area contributed by atoms with E-state index in [9.17, 15) is 9.59 Å². The van der Waals surface area contributed by atoms with Crippen molar-refractivity contribution < 1.29 is 9.59 Å². The van der Waals surface area contributed by atoms with Crippen LogP contribution < -0.4 is 0 Å². The molecule has 0 saturated carbocycles. The van der Waals surface area contributed by atoms with Gasteiger partial charge in [-0.05, 0) is 30.8 Å². The van der Waals surface area contributed by atoms with Gasteiger partial charge < -0.3 is 14.7 Å². The smallest absolute Gasteiger partial charge is 0.263 e. The Morgan fingerprint density at radius 3 is 2.61 bits per heavy atom. The summed E-state index contributed by atoms with van der Waals surface area (Å²) in [6.07, 6.45) is 1.82. The highest BCUT2D eigenvalue weighted by molar-refractivity contribution is 7.12. The van der Waals surface area contributed by atoms with E-state index in [0.29, 0.717) is 6.54 Å². The molecule has 2 aliphatic heterocycles. The third kappa shape index (κ3) is 3.75. The quantitative estimate of drug-likeness (QED) is 0.845. The molecule has 23 heavy (non-hydrogen) atoms. The number of carbonyl (C=O) groups excluding carboxylic acids is 2. The van der Waals surface area contributed by atoms with Crippen molar-refractivity contribution in [3.8, 4) is 0 Å². The first-order valence-electron chi connectivity index (χ1n) is 8.53. The zero-order valence-electron chi connectivity index (χ0n) is 13.7. The molecule has 6 heteroatoms. The van der Waals surface area contributed by atoms with Crippen LogP contribution >= 0.6 is 11.3 Å². The lowest BCUT2D eigenvalue weighted by Crippen LogP contribution is -2.52. The van der Waals surface area contributed by atoms with Crippen molar-refractivity contribution in [3.63, 3.8) is 0 Å². The molecular formula is C17H25N3O2S. The lowest BCUT2D eigenvalue weighted by molar-refractivity contribution is -0.138. The standard InChI is InChI=1S/C17H25N3O2S/c1-2-18-8-10-19(11-9-18)16(21)14-5-3-7-20(13-14)17(22)15-6-4-12-23-15/h4,6,12,14H,2-3,5,7-11,13H2,1H3. The van der Waals surface area contributed by atoms with Crippen LogP contribution in [-0.4, -0.2) is 72.3 Å². The number of rotatable bonds is 3. The molecule has 1 aromatic heterocycles. The van der Waals surface area contributed by atoms with Crippen LogP contribution in [0.25, 0.3) is 0 Å². The monoisotopic (exact) mass is 335 g/mol. The number of hydrogen-bond donors (Lipinski definition) is 0. The predicted molar refractivity (Wildman–Crippen MR) is 91.6 cm³/mol. The van der Waals surface area contributed by atoms with Gasteiger partial charge in [0.05, 0.1) is 10.8 Å². The zero-order chi connectivity index (χ0) is 16.2. The molecule has 3 rings (SSSR count). The van der Waals surface area contributed by atoms with E-state index in [-0.39, 0.29) is 17.7 Å². The van der Waals surface area contributed by atoms with E-state index in [1.165, 1.54) is 11.3 Å². The van der Waals surface area contributed by atoms with E-state index < -0.39 is 0 Å². The van der Waals surface area contributed by atoms with Crippen molar-refractivity contribution in [1.29, 1.82) is 0 Å². The fourth-order valence-corrected chi connectivity index (χ4v) is 4.15. The molecule has 1 aromatic rings. The van der Waals surface area contributed by atoms with Crippen LogP contribution in [0.1, 0.15) is 29.4 Å². The number of piperazine rings is 1. The van der Waals surface area contributed by atoms with Crippen molar-refractivity contribution in [2.45, 2.75) is 19.8 Å². The molecule has 2 aliphatic rings. The number of hydrogen-bond acceptors (Lipinski definition) is 4. The minimum Gasteiger partial charge on any atom is -0.340 e. The first kappa shape index (κ1) is 16.5. The topological polar surface area (TPSA) is 43.9 Å². The lowest BCUT2D eigenvalue weighted by atomic mass is 9.96. The molecule has 126 valence electrons. The Morgan fingerprint density at radius 1 is 1.17 bits per heavy atom. The summed E-state index contributed by atoms with van der Waals surface area (Å²) in [4.78, 5) is 32.3. The number of piperidine rings is 1. The second kappa shape index (κ2) is 7.45. The molecule has 2 amide bonds. The van der Waals surface area contributed by atoms with Crippen LogP contribution in [0, 0.1) is 5.92 Å². The Hall–Kier alpha value is -1.40. The Balaban J connectivity index is 1.58. The second-order valence-corrected chi connectivity index (χ2v) is 7.27. The van der Waals surface area contributed by atoms with Crippen LogP contribution in [0.3, 0.4) is 0 Å². The molecule has 0 radical (unpaired) electrons. The Kier molecular flexibility index (Phi) is 5.33. The van der Waals surface area contributed by atoms with E-state index >= 15 is 0 Å². The highest BCUT2D eigenvalue weighted by atomic mass is 32.1. The summed E-state index contributed by atoms with van der Waals surface area (Å²) in [5.74, 6) is 0.290. The minimum absolute atomic E-state index is 0.0270. The van der Waals surface area contributed by atoms with E-state index in [1.54, 1.807) is 0 Å². The average molecular weight is 335 g/mol. The maximum atomic E-state index is 12.8. The van der Waals surface area contributed by atoms with Crippen molar-refractivity contribution in [1.82, 2.24) is 14.7 Å². The van der Waals surface area contributed by atoms with Gasteiger partial charge in [-0.15, -0.1) is 11.3 Å².